The van der Waals surface area contributed by atoms with Gasteiger partial charge in [0.1, 0.15) is 6.04 Å². The van der Waals surface area contributed by atoms with Gasteiger partial charge in [0.15, 0.2) is 5.75 Å². The number of benzene rings is 2. The average molecular weight is 485 g/mol. The molecule has 14 heteroatoms. The lowest BCUT2D eigenvalue weighted by molar-refractivity contribution is -0.178. The van der Waals surface area contributed by atoms with Crippen LogP contribution in [-0.4, -0.2) is 18.1 Å². The Morgan fingerprint density at radius 1 is 0.844 bits per heavy atom. The molecule has 0 fully saturated rings. The van der Waals surface area contributed by atoms with E-state index in [0.717, 1.165) is 6.92 Å². The summed E-state index contributed by atoms with van der Waals surface area (Å²) in [5.41, 5.74) is 0. The van der Waals surface area contributed by atoms with E-state index >= 15 is 0 Å². The second-order valence-corrected chi connectivity index (χ2v) is 7.91. The highest BCUT2D eigenvalue weighted by atomic mass is 31.2. The minimum atomic E-state index is -4.95. The van der Waals surface area contributed by atoms with Crippen LogP contribution in [0.2, 0.25) is 0 Å². The zero-order valence-corrected chi connectivity index (χ0v) is 17.6. The molecule has 0 spiro atoms. The molecule has 176 valence electrons. The fourth-order valence-corrected chi connectivity index (χ4v) is 3.04. The summed E-state index contributed by atoms with van der Waals surface area (Å²) in [6.07, 6.45) is -0.557. The van der Waals surface area contributed by atoms with Gasteiger partial charge in [-0.3, -0.25) is 4.79 Å². The van der Waals surface area contributed by atoms with Crippen LogP contribution in [0.3, 0.4) is 0 Å². The Labute approximate surface area is 178 Å². The molecule has 32 heavy (non-hydrogen) atoms. The predicted octanol–water partition coefficient (Wildman–Crippen LogP) is 4.74. The van der Waals surface area contributed by atoms with Gasteiger partial charge in [-0.15, -0.1) is 0 Å². The lowest BCUT2D eigenvalue weighted by atomic mass is 10.3. The van der Waals surface area contributed by atoms with Gasteiger partial charge in [0.25, 0.3) is 0 Å². The first-order valence-electron chi connectivity index (χ1n) is 8.82. The van der Waals surface area contributed by atoms with Crippen molar-refractivity contribution in [2.75, 3.05) is 0 Å². The van der Waals surface area contributed by atoms with E-state index in [2.05, 4.69) is 14.2 Å². The highest BCUT2D eigenvalue weighted by Gasteiger charge is 2.37. The summed E-state index contributed by atoms with van der Waals surface area (Å²) < 4.78 is 94.1. The summed E-state index contributed by atoms with van der Waals surface area (Å²) >= 11 is 0. The molecule has 2 aromatic rings. The van der Waals surface area contributed by atoms with Crippen molar-refractivity contribution in [2.24, 2.45) is 0 Å². The van der Waals surface area contributed by atoms with Crippen molar-refractivity contribution >= 4 is 13.7 Å². The molecular weight excluding hydrogens is 468 g/mol. The van der Waals surface area contributed by atoms with E-state index in [1.54, 1.807) is 6.07 Å². The zero-order valence-electron chi connectivity index (χ0n) is 16.7. The Balaban J connectivity index is 2.26. The Morgan fingerprint density at radius 3 is 1.88 bits per heavy atom. The SMILES string of the molecule is CC(C)OC(=O)[C@H](C)N[P@](=O)(OOc1ccccc1)OOc1c(F)c(F)c(F)c(F)c1F. The maximum absolute atomic E-state index is 13.8. The van der Waals surface area contributed by atoms with E-state index in [9.17, 15) is 31.3 Å². The van der Waals surface area contributed by atoms with E-state index in [4.69, 9.17) is 9.62 Å². The third kappa shape index (κ3) is 6.39. The molecule has 1 N–H and O–H groups in total. The van der Waals surface area contributed by atoms with E-state index in [-0.39, 0.29) is 5.75 Å². The van der Waals surface area contributed by atoms with Crippen molar-refractivity contribution in [3.8, 4) is 11.5 Å². The molecule has 2 atom stereocenters. The average Bonchev–Trinajstić information content (AvgIpc) is 2.75. The molecule has 0 heterocycles. The van der Waals surface area contributed by atoms with Crippen molar-refractivity contribution in [2.45, 2.75) is 32.9 Å². The molecule has 0 amide bonds. The minimum absolute atomic E-state index is 0.0215. The van der Waals surface area contributed by atoms with Crippen LogP contribution in [0.5, 0.6) is 11.5 Å². The van der Waals surface area contributed by atoms with E-state index in [1.807, 2.05) is 5.09 Å². The van der Waals surface area contributed by atoms with E-state index in [1.165, 1.54) is 38.1 Å². The Morgan fingerprint density at radius 2 is 1.34 bits per heavy atom. The van der Waals surface area contributed by atoms with Crippen molar-refractivity contribution in [3.05, 3.63) is 59.4 Å². The quantitative estimate of drug-likeness (QED) is 0.0982. The van der Waals surface area contributed by atoms with Crippen molar-refractivity contribution < 1.29 is 55.2 Å². The van der Waals surface area contributed by atoms with Gasteiger partial charge in [-0.05, 0) is 32.9 Å². The highest BCUT2D eigenvalue weighted by Crippen LogP contribution is 2.46. The number of rotatable bonds is 10. The molecule has 8 nitrogen and oxygen atoms in total. The molecule has 0 aromatic heterocycles. The van der Waals surface area contributed by atoms with Crippen molar-refractivity contribution in [1.29, 1.82) is 0 Å². The second-order valence-electron chi connectivity index (χ2n) is 6.36. The second kappa shape index (κ2) is 10.7. The topological polar surface area (TPSA) is 92.3 Å². The van der Waals surface area contributed by atoms with Crippen LogP contribution in [-0.2, 0) is 23.4 Å². The van der Waals surface area contributed by atoms with Gasteiger partial charge in [0, 0.05) is 0 Å². The third-order valence-corrected chi connectivity index (χ3v) is 4.67. The zero-order chi connectivity index (χ0) is 24.1. The van der Waals surface area contributed by atoms with Gasteiger partial charge in [-0.25, -0.2) is 22.8 Å². The maximum atomic E-state index is 13.8. The number of hydrogen-bond acceptors (Lipinski definition) is 7. The van der Waals surface area contributed by atoms with E-state index < -0.39 is 60.7 Å². The van der Waals surface area contributed by atoms with Crippen LogP contribution >= 0.6 is 7.75 Å². The third-order valence-electron chi connectivity index (χ3n) is 3.42. The first-order valence-corrected chi connectivity index (χ1v) is 10.4. The maximum Gasteiger partial charge on any atom is 0.478 e. The summed E-state index contributed by atoms with van der Waals surface area (Å²) in [6.45, 7) is 4.22. The number of hydrogen-bond donors (Lipinski definition) is 1. The molecule has 0 aliphatic carbocycles. The molecule has 0 saturated heterocycles. The summed E-state index contributed by atoms with van der Waals surface area (Å²) in [5, 5.41) is 2.00. The molecule has 0 aliphatic rings. The molecule has 0 saturated carbocycles. The molecule has 2 aromatic carbocycles. The van der Waals surface area contributed by atoms with Crippen LogP contribution < -0.4 is 14.9 Å². The number of carbonyl (C=O) groups is 1. The molecule has 2 rings (SSSR count). The number of nitrogens with one attached hydrogen (secondary N) is 1. The largest absolute Gasteiger partial charge is 0.478 e. The standard InChI is InChI=1S/C18H17F5NO7P/c1-9(2)27-18(25)10(3)24-32(26,30-28-11-7-5-4-6-8-11)31-29-17-15(22)13(20)12(19)14(21)16(17)23/h4-10H,1-3H3,(H,24,26)/t10-,32-/m0/s1. The number of esters is 1. The Bertz CT molecular complexity index is 980. The normalized spacial score (nSPS) is 14.0. The molecule has 0 bridgehead atoms. The predicted molar refractivity (Wildman–Crippen MR) is 97.5 cm³/mol. The Kier molecular flexibility index (Phi) is 8.56. The fraction of sp³-hybridized carbons (Fsp3) is 0.278. The number of carbonyl (C=O) groups excluding carboxylic acids is 1. The fourth-order valence-electron chi connectivity index (χ4n) is 1.99. The minimum Gasteiger partial charge on any atom is -0.462 e. The lowest BCUT2D eigenvalue weighted by Gasteiger charge is -2.21. The molecule has 0 aliphatic heterocycles. The summed E-state index contributed by atoms with van der Waals surface area (Å²) in [5.74, 6) is -14.8. The first-order chi connectivity index (χ1) is 14.9. The number of para-hydroxylation sites is 1. The van der Waals surface area contributed by atoms with Crippen LogP contribution in [0, 0.1) is 29.1 Å². The summed E-state index contributed by atoms with van der Waals surface area (Å²) in [7, 11) is -4.95. The van der Waals surface area contributed by atoms with Gasteiger partial charge >= 0.3 is 13.7 Å². The van der Waals surface area contributed by atoms with Gasteiger partial charge in [0.05, 0.1) is 6.10 Å². The van der Waals surface area contributed by atoms with Gasteiger partial charge < -0.3 is 14.5 Å². The first kappa shape index (κ1) is 25.5. The number of ether oxygens (including phenoxy) is 1. The van der Waals surface area contributed by atoms with Gasteiger partial charge in [-0.2, -0.15) is 8.78 Å². The van der Waals surface area contributed by atoms with Crippen LogP contribution in [0.1, 0.15) is 20.8 Å². The highest BCUT2D eigenvalue weighted by molar-refractivity contribution is 7.51. The van der Waals surface area contributed by atoms with Crippen LogP contribution in [0.25, 0.3) is 0 Å². The Hall–Kier alpha value is -2.73. The van der Waals surface area contributed by atoms with Crippen molar-refractivity contribution in [3.63, 3.8) is 0 Å². The summed E-state index contributed by atoms with van der Waals surface area (Å²) in [4.78, 5) is 20.8. The smallest absolute Gasteiger partial charge is 0.462 e. The lowest BCUT2D eigenvalue weighted by Crippen LogP contribution is -2.36. The van der Waals surface area contributed by atoms with Crippen LogP contribution in [0.4, 0.5) is 22.0 Å². The molecule has 0 unspecified atom stereocenters. The molecule has 0 radical (unpaired) electrons. The monoisotopic (exact) mass is 485 g/mol. The van der Waals surface area contributed by atoms with Crippen LogP contribution in [0.15, 0.2) is 30.3 Å². The van der Waals surface area contributed by atoms with Gasteiger partial charge in [-0.1, -0.05) is 27.5 Å². The van der Waals surface area contributed by atoms with E-state index in [0.29, 0.717) is 0 Å². The molecular formula is C18H17F5NO7P. The number of halogens is 5. The van der Waals surface area contributed by atoms with Crippen molar-refractivity contribution in [1.82, 2.24) is 5.09 Å². The van der Waals surface area contributed by atoms with Gasteiger partial charge in [0.2, 0.25) is 34.8 Å². The summed E-state index contributed by atoms with van der Waals surface area (Å²) in [6, 6.07) is 5.91.